The van der Waals surface area contributed by atoms with Crippen molar-refractivity contribution in [3.63, 3.8) is 0 Å². The van der Waals surface area contributed by atoms with Crippen LogP contribution in [0.15, 0.2) is 36.4 Å². The molecule has 0 radical (unpaired) electrons. The van der Waals surface area contributed by atoms with Crippen molar-refractivity contribution in [3.8, 4) is 11.5 Å². The fourth-order valence-corrected chi connectivity index (χ4v) is 5.99. The van der Waals surface area contributed by atoms with Gasteiger partial charge in [0.25, 0.3) is 0 Å². The summed E-state index contributed by atoms with van der Waals surface area (Å²) in [5.74, 6) is -0.0298. The van der Waals surface area contributed by atoms with Crippen molar-refractivity contribution in [1.82, 2.24) is 10.2 Å². The van der Waals surface area contributed by atoms with Gasteiger partial charge in [0.05, 0.1) is 19.8 Å². The molecule has 1 saturated heterocycles. The second-order valence-corrected chi connectivity index (χ2v) is 9.79. The van der Waals surface area contributed by atoms with Crippen LogP contribution < -0.4 is 20.1 Å². The van der Waals surface area contributed by atoms with Crippen LogP contribution in [-0.2, 0) is 11.6 Å². The number of hydrogen-bond acceptors (Lipinski definition) is 4. The highest BCUT2D eigenvalue weighted by atomic mass is 19.4. The lowest BCUT2D eigenvalue weighted by molar-refractivity contribution is -0.139. The second kappa shape index (κ2) is 10.8. The van der Waals surface area contributed by atoms with Crippen LogP contribution in [-0.4, -0.2) is 50.3 Å². The number of halogens is 4. The fourth-order valence-electron chi connectivity index (χ4n) is 5.99. The summed E-state index contributed by atoms with van der Waals surface area (Å²) in [7, 11) is 3.22. The molecule has 2 fully saturated rings. The average molecular weight is 524 g/mol. The normalized spacial score (nSPS) is 23.9. The SMILES string of the molecule is CCCN1CC[C@]2(c3ccc(OC)c(OC)c3)CC[C@@H](NC(=O)Nc3ccc(F)c(C(F)(F)F)c3)C[C@H]12. The van der Waals surface area contributed by atoms with Gasteiger partial charge in [-0.05, 0) is 81.1 Å². The lowest BCUT2D eigenvalue weighted by Crippen LogP contribution is -2.53. The van der Waals surface area contributed by atoms with Gasteiger partial charge in [-0.15, -0.1) is 0 Å². The van der Waals surface area contributed by atoms with E-state index in [0.717, 1.165) is 44.8 Å². The third-order valence-electron chi connectivity index (χ3n) is 7.70. The molecule has 0 spiro atoms. The highest BCUT2D eigenvalue weighted by molar-refractivity contribution is 5.89. The Labute approximate surface area is 214 Å². The molecule has 2 amide bonds. The number of anilines is 1. The molecule has 2 aromatic rings. The van der Waals surface area contributed by atoms with Gasteiger partial charge in [-0.1, -0.05) is 13.0 Å². The quantitative estimate of drug-likeness (QED) is 0.440. The molecular weight excluding hydrogens is 490 g/mol. The Bertz CT molecular complexity index is 1130. The number of ether oxygens (including phenoxy) is 2. The number of alkyl halides is 3. The Kier molecular flexibility index (Phi) is 7.87. The molecule has 2 N–H and O–H groups in total. The standard InChI is InChI=1S/C27H33F4N3O3/c1-4-12-34-13-11-26(17-5-8-22(36-2)23(14-17)37-3)10-9-19(16-24(26)34)33-25(35)32-18-6-7-21(28)20(15-18)27(29,30)31/h5-8,14-15,19,24H,4,9-13,16H2,1-3H3,(H2,32,33,35)/t19-,24+,26+/m1/s1. The number of nitrogens with one attached hydrogen (secondary N) is 2. The van der Waals surface area contributed by atoms with Crippen LogP contribution in [0, 0.1) is 5.82 Å². The number of benzene rings is 2. The van der Waals surface area contributed by atoms with Crippen LogP contribution in [0.3, 0.4) is 0 Å². The predicted octanol–water partition coefficient (Wildman–Crippen LogP) is 5.96. The minimum absolute atomic E-state index is 0.0953. The molecular formula is C27H33F4N3O3. The summed E-state index contributed by atoms with van der Waals surface area (Å²) >= 11 is 0. The van der Waals surface area contributed by atoms with E-state index >= 15 is 0 Å². The van der Waals surface area contributed by atoms with Gasteiger partial charge in [-0.25, -0.2) is 9.18 Å². The molecule has 6 nitrogen and oxygen atoms in total. The van der Waals surface area contributed by atoms with Crippen LogP contribution >= 0.6 is 0 Å². The fraction of sp³-hybridized carbons (Fsp3) is 0.519. The summed E-state index contributed by atoms with van der Waals surface area (Å²) < 4.78 is 63.7. The van der Waals surface area contributed by atoms with Gasteiger partial charge < -0.3 is 20.1 Å². The van der Waals surface area contributed by atoms with Crippen LogP contribution in [0.2, 0.25) is 0 Å². The maximum absolute atomic E-state index is 13.6. The van der Waals surface area contributed by atoms with Crippen LogP contribution in [0.25, 0.3) is 0 Å². The first-order valence-corrected chi connectivity index (χ1v) is 12.5. The molecule has 3 atom stereocenters. The summed E-state index contributed by atoms with van der Waals surface area (Å²) in [6.07, 6.45) is -0.590. The van der Waals surface area contributed by atoms with Crippen molar-refractivity contribution in [1.29, 1.82) is 0 Å². The number of hydrogen-bond donors (Lipinski definition) is 2. The van der Waals surface area contributed by atoms with Crippen molar-refractivity contribution >= 4 is 11.7 Å². The van der Waals surface area contributed by atoms with E-state index < -0.39 is 23.6 Å². The number of fused-ring (bicyclic) bond motifs is 1. The highest BCUT2D eigenvalue weighted by Gasteiger charge is 2.51. The largest absolute Gasteiger partial charge is 0.493 e. The van der Waals surface area contributed by atoms with Crippen LogP contribution in [0.5, 0.6) is 11.5 Å². The topological polar surface area (TPSA) is 62.8 Å². The van der Waals surface area contributed by atoms with Crippen molar-refractivity contribution in [2.24, 2.45) is 0 Å². The first-order valence-electron chi connectivity index (χ1n) is 12.5. The minimum atomic E-state index is -4.85. The smallest absolute Gasteiger partial charge is 0.419 e. The molecule has 0 bridgehead atoms. The summed E-state index contributed by atoms with van der Waals surface area (Å²) in [5, 5.41) is 5.36. The highest BCUT2D eigenvalue weighted by Crippen LogP contribution is 2.50. The number of rotatable bonds is 7. The minimum Gasteiger partial charge on any atom is -0.493 e. The van der Waals surface area contributed by atoms with Crippen LogP contribution in [0.1, 0.15) is 50.2 Å². The molecule has 0 unspecified atom stereocenters. The summed E-state index contributed by atoms with van der Waals surface area (Å²) in [5.41, 5.74) is -0.441. The molecule has 37 heavy (non-hydrogen) atoms. The van der Waals surface area contributed by atoms with E-state index in [9.17, 15) is 22.4 Å². The molecule has 2 aliphatic rings. The zero-order valence-corrected chi connectivity index (χ0v) is 21.3. The Balaban J connectivity index is 1.50. The van der Waals surface area contributed by atoms with Gasteiger partial charge in [0.2, 0.25) is 0 Å². The van der Waals surface area contributed by atoms with Crippen molar-refractivity contribution in [3.05, 3.63) is 53.3 Å². The molecule has 1 aliphatic heterocycles. The van der Waals surface area contributed by atoms with E-state index in [4.69, 9.17) is 9.47 Å². The van der Waals surface area contributed by atoms with Crippen molar-refractivity contribution in [2.75, 3.05) is 32.6 Å². The van der Waals surface area contributed by atoms with E-state index in [1.807, 2.05) is 6.07 Å². The van der Waals surface area contributed by atoms with Gasteiger partial charge in [0.1, 0.15) is 5.82 Å². The number of likely N-dealkylation sites (tertiary alicyclic amines) is 1. The van der Waals surface area contributed by atoms with Gasteiger partial charge in [0, 0.05) is 23.2 Å². The number of carbonyl (C=O) groups excluding carboxylic acids is 1. The molecule has 2 aromatic carbocycles. The van der Waals surface area contributed by atoms with Crippen molar-refractivity contribution in [2.45, 2.75) is 62.7 Å². The third kappa shape index (κ3) is 5.49. The molecule has 1 heterocycles. The van der Waals surface area contributed by atoms with E-state index in [-0.39, 0.29) is 23.2 Å². The maximum atomic E-state index is 13.6. The monoisotopic (exact) mass is 523 g/mol. The molecule has 1 saturated carbocycles. The van der Waals surface area contributed by atoms with Gasteiger partial charge in [-0.3, -0.25) is 4.90 Å². The molecule has 1 aliphatic carbocycles. The number of carbonyl (C=O) groups is 1. The average Bonchev–Trinajstić information content (AvgIpc) is 3.23. The molecule has 10 heteroatoms. The Hall–Kier alpha value is -3.01. The second-order valence-electron chi connectivity index (χ2n) is 9.79. The lowest BCUT2D eigenvalue weighted by atomic mass is 9.65. The van der Waals surface area contributed by atoms with E-state index in [2.05, 4.69) is 34.6 Å². The number of methoxy groups -OCH3 is 2. The number of urea groups is 1. The van der Waals surface area contributed by atoms with Gasteiger partial charge >= 0.3 is 12.2 Å². The lowest BCUT2D eigenvalue weighted by Gasteiger charge is -2.45. The van der Waals surface area contributed by atoms with Gasteiger partial charge in [-0.2, -0.15) is 13.2 Å². The summed E-state index contributed by atoms with van der Waals surface area (Å²) in [6.45, 7) is 4.02. The number of nitrogens with zero attached hydrogens (tertiary/aromatic N) is 1. The third-order valence-corrected chi connectivity index (χ3v) is 7.70. The van der Waals surface area contributed by atoms with Gasteiger partial charge in [0.15, 0.2) is 11.5 Å². The zero-order chi connectivity index (χ0) is 26.8. The Morgan fingerprint density at radius 3 is 2.54 bits per heavy atom. The maximum Gasteiger partial charge on any atom is 0.419 e. The zero-order valence-electron chi connectivity index (χ0n) is 21.3. The van der Waals surface area contributed by atoms with E-state index in [1.165, 1.54) is 5.56 Å². The summed E-state index contributed by atoms with van der Waals surface area (Å²) in [4.78, 5) is 15.2. The van der Waals surface area contributed by atoms with E-state index in [1.54, 1.807) is 14.2 Å². The summed E-state index contributed by atoms with van der Waals surface area (Å²) in [6, 6.07) is 7.93. The van der Waals surface area contributed by atoms with Crippen LogP contribution in [0.4, 0.5) is 28.0 Å². The van der Waals surface area contributed by atoms with E-state index in [0.29, 0.717) is 30.1 Å². The predicted molar refractivity (Wildman–Crippen MR) is 133 cm³/mol. The molecule has 0 aromatic heterocycles. The number of amides is 2. The Morgan fingerprint density at radius 2 is 1.86 bits per heavy atom. The molecule has 202 valence electrons. The Morgan fingerprint density at radius 1 is 1.11 bits per heavy atom. The van der Waals surface area contributed by atoms with Crippen molar-refractivity contribution < 1.29 is 31.8 Å². The first-order chi connectivity index (χ1) is 17.6. The molecule has 4 rings (SSSR count). The first kappa shape index (κ1) is 27.0.